The number of aromatic nitrogens is 1. The summed E-state index contributed by atoms with van der Waals surface area (Å²) in [5.41, 5.74) is 5.25. The topological polar surface area (TPSA) is 34.0 Å². The fourth-order valence-electron chi connectivity index (χ4n) is 3.25. The predicted octanol–water partition coefficient (Wildman–Crippen LogP) is 5.75. The van der Waals surface area contributed by atoms with Gasteiger partial charge in [-0.05, 0) is 40.0 Å². The van der Waals surface area contributed by atoms with Crippen molar-refractivity contribution >= 4 is 43.4 Å². The number of fused-ring (bicyclic) bond motifs is 1. The highest BCUT2D eigenvalue weighted by atomic mass is 79.9. The third-order valence-corrected chi connectivity index (χ3v) is 6.36. The van der Waals surface area contributed by atoms with Crippen molar-refractivity contribution in [2.24, 2.45) is 0 Å². The molecule has 1 N–H and O–H groups in total. The second-order valence-electron chi connectivity index (χ2n) is 6.57. The molecule has 0 bridgehead atoms. The largest absolute Gasteiger partial charge is 0.347 e. The van der Waals surface area contributed by atoms with E-state index in [2.05, 4.69) is 62.4 Å². The Morgan fingerprint density at radius 1 is 1.07 bits per heavy atom. The lowest BCUT2D eigenvalue weighted by Gasteiger charge is -2.12. The normalized spacial score (nSPS) is 11.0. The van der Waals surface area contributed by atoms with E-state index in [1.807, 2.05) is 36.4 Å². The number of aryl methyl sites for hydroxylation is 1. The average Bonchev–Trinajstić information content (AvgIpc) is 3.21. The first-order valence-corrected chi connectivity index (χ1v) is 10.4. The maximum atomic E-state index is 12.9. The van der Waals surface area contributed by atoms with E-state index in [1.165, 1.54) is 11.1 Å². The molecule has 0 atom stereocenters. The van der Waals surface area contributed by atoms with E-state index in [9.17, 15) is 4.79 Å². The molecule has 0 saturated heterocycles. The summed E-state index contributed by atoms with van der Waals surface area (Å²) in [6.45, 7) is 3.27. The van der Waals surface area contributed by atoms with Gasteiger partial charge in [0, 0.05) is 18.5 Å². The Morgan fingerprint density at radius 3 is 2.63 bits per heavy atom. The van der Waals surface area contributed by atoms with Crippen LogP contribution in [0.5, 0.6) is 0 Å². The van der Waals surface area contributed by atoms with Crippen molar-refractivity contribution in [3.05, 3.63) is 92.9 Å². The summed E-state index contributed by atoms with van der Waals surface area (Å²) >= 11 is 5.29. The predicted molar refractivity (Wildman–Crippen MR) is 115 cm³/mol. The maximum Gasteiger partial charge on any atom is 0.268 e. The van der Waals surface area contributed by atoms with Gasteiger partial charge < -0.3 is 9.88 Å². The van der Waals surface area contributed by atoms with Gasteiger partial charge >= 0.3 is 0 Å². The Labute approximate surface area is 170 Å². The van der Waals surface area contributed by atoms with E-state index in [0.29, 0.717) is 18.8 Å². The Hall–Kier alpha value is -2.37. The van der Waals surface area contributed by atoms with Crippen LogP contribution in [0.4, 0.5) is 0 Å². The van der Waals surface area contributed by atoms with Gasteiger partial charge in [0.05, 0.1) is 14.7 Å². The van der Waals surface area contributed by atoms with Gasteiger partial charge in [0.1, 0.15) is 5.69 Å². The van der Waals surface area contributed by atoms with Crippen LogP contribution in [-0.4, -0.2) is 10.5 Å². The summed E-state index contributed by atoms with van der Waals surface area (Å²) in [6, 6.07) is 20.4. The monoisotopic (exact) mass is 438 g/mol. The molecule has 0 aliphatic rings. The number of nitrogens with one attached hydrogen (secondary N) is 1. The van der Waals surface area contributed by atoms with Crippen LogP contribution >= 0.6 is 27.3 Å². The number of hydrogen-bond acceptors (Lipinski definition) is 2. The first-order valence-electron chi connectivity index (χ1n) is 8.76. The van der Waals surface area contributed by atoms with Crippen LogP contribution in [0.1, 0.15) is 27.2 Å². The van der Waals surface area contributed by atoms with Crippen molar-refractivity contribution in [2.75, 3.05) is 0 Å². The van der Waals surface area contributed by atoms with Crippen molar-refractivity contribution in [1.29, 1.82) is 0 Å². The van der Waals surface area contributed by atoms with Crippen molar-refractivity contribution in [3.63, 3.8) is 0 Å². The third kappa shape index (κ3) is 3.84. The molecule has 27 heavy (non-hydrogen) atoms. The van der Waals surface area contributed by atoms with Crippen molar-refractivity contribution < 1.29 is 4.79 Å². The van der Waals surface area contributed by atoms with Crippen LogP contribution < -0.4 is 5.32 Å². The number of hydrogen-bond donors (Lipinski definition) is 1. The van der Waals surface area contributed by atoms with Crippen LogP contribution in [0.2, 0.25) is 0 Å². The molecule has 2 heterocycles. The zero-order chi connectivity index (χ0) is 18.8. The number of thiophene rings is 1. The van der Waals surface area contributed by atoms with Gasteiger partial charge in [-0.25, -0.2) is 0 Å². The zero-order valence-electron chi connectivity index (χ0n) is 14.9. The molecule has 0 unspecified atom stereocenters. The van der Waals surface area contributed by atoms with Gasteiger partial charge in [-0.15, -0.1) is 11.3 Å². The number of nitrogens with zero attached hydrogens (tertiary/aromatic N) is 1. The van der Waals surface area contributed by atoms with E-state index in [4.69, 9.17) is 0 Å². The van der Waals surface area contributed by atoms with Crippen molar-refractivity contribution in [2.45, 2.75) is 20.0 Å². The lowest BCUT2D eigenvalue weighted by Crippen LogP contribution is -2.25. The molecule has 136 valence electrons. The number of rotatable bonds is 5. The van der Waals surface area contributed by atoms with Gasteiger partial charge in [-0.1, -0.05) is 60.2 Å². The Morgan fingerprint density at radius 2 is 1.85 bits per heavy atom. The molecule has 5 heteroatoms. The van der Waals surface area contributed by atoms with E-state index < -0.39 is 0 Å². The van der Waals surface area contributed by atoms with E-state index in [-0.39, 0.29) is 5.91 Å². The highest BCUT2D eigenvalue weighted by Crippen LogP contribution is 2.34. The average molecular weight is 439 g/mol. The molecule has 4 rings (SSSR count). The molecule has 0 spiro atoms. The molecular formula is C22H19BrN2OS. The Kier molecular flexibility index (Phi) is 5.14. The molecular weight excluding hydrogens is 420 g/mol. The van der Waals surface area contributed by atoms with Gasteiger partial charge in [-0.3, -0.25) is 4.79 Å². The quantitative estimate of drug-likeness (QED) is 0.422. The number of amides is 1. The van der Waals surface area contributed by atoms with Gasteiger partial charge in [0.15, 0.2) is 0 Å². The van der Waals surface area contributed by atoms with E-state index in [1.54, 1.807) is 11.3 Å². The van der Waals surface area contributed by atoms with Crippen molar-refractivity contribution in [1.82, 2.24) is 9.88 Å². The maximum absolute atomic E-state index is 12.9. The molecule has 0 radical (unpaired) electrons. The number of halogens is 1. The van der Waals surface area contributed by atoms with Crippen LogP contribution in [0, 0.1) is 6.92 Å². The first kappa shape index (κ1) is 18.0. The lowest BCUT2D eigenvalue weighted by molar-refractivity contribution is 0.0942. The highest BCUT2D eigenvalue weighted by molar-refractivity contribution is 9.10. The van der Waals surface area contributed by atoms with Gasteiger partial charge in [0.25, 0.3) is 5.91 Å². The Balaban J connectivity index is 1.66. The highest BCUT2D eigenvalue weighted by Gasteiger charge is 2.19. The summed E-state index contributed by atoms with van der Waals surface area (Å²) in [4.78, 5) is 12.9. The van der Waals surface area contributed by atoms with Crippen LogP contribution in [-0.2, 0) is 13.1 Å². The molecule has 0 aliphatic heterocycles. The standard InChI is InChI=1S/C22H19BrN2OS/c1-15-6-5-9-17(10-15)13-25-19(11-20-21(25)18(23)14-27-20)22(26)24-12-16-7-3-2-4-8-16/h2-11,14H,12-13H2,1H3,(H,24,26). The third-order valence-electron chi connectivity index (χ3n) is 4.53. The molecule has 4 aromatic rings. The molecule has 3 nitrogen and oxygen atoms in total. The summed E-state index contributed by atoms with van der Waals surface area (Å²) in [7, 11) is 0. The van der Waals surface area contributed by atoms with E-state index >= 15 is 0 Å². The van der Waals surface area contributed by atoms with Crippen molar-refractivity contribution in [3.8, 4) is 0 Å². The number of carbonyl (C=O) groups excluding carboxylic acids is 1. The minimum Gasteiger partial charge on any atom is -0.347 e. The van der Waals surface area contributed by atoms with Crippen LogP contribution in [0.15, 0.2) is 70.5 Å². The lowest BCUT2D eigenvalue weighted by atomic mass is 10.1. The zero-order valence-corrected chi connectivity index (χ0v) is 17.3. The molecule has 2 aromatic heterocycles. The van der Waals surface area contributed by atoms with Gasteiger partial charge in [0.2, 0.25) is 0 Å². The number of benzene rings is 2. The van der Waals surface area contributed by atoms with Crippen LogP contribution in [0.3, 0.4) is 0 Å². The molecule has 2 aromatic carbocycles. The smallest absolute Gasteiger partial charge is 0.268 e. The van der Waals surface area contributed by atoms with Crippen LogP contribution in [0.25, 0.3) is 10.2 Å². The first-order chi connectivity index (χ1) is 13.1. The second kappa shape index (κ2) is 7.71. The summed E-state index contributed by atoms with van der Waals surface area (Å²) in [6.07, 6.45) is 0. The molecule has 1 amide bonds. The Bertz CT molecular complexity index is 1100. The SMILES string of the molecule is Cc1cccc(Cn2c(C(=O)NCc3ccccc3)cc3scc(Br)c32)c1. The molecule has 0 fully saturated rings. The summed E-state index contributed by atoms with van der Waals surface area (Å²) in [5.74, 6) is -0.0539. The summed E-state index contributed by atoms with van der Waals surface area (Å²) < 4.78 is 4.24. The molecule has 0 aliphatic carbocycles. The van der Waals surface area contributed by atoms with E-state index in [0.717, 1.165) is 20.3 Å². The minimum absolute atomic E-state index is 0.0539. The fourth-order valence-corrected chi connectivity index (χ4v) is 4.94. The molecule has 0 saturated carbocycles. The van der Waals surface area contributed by atoms with Gasteiger partial charge in [-0.2, -0.15) is 0 Å². The fraction of sp³-hybridized carbons (Fsp3) is 0.136. The number of carbonyl (C=O) groups is 1. The minimum atomic E-state index is -0.0539. The second-order valence-corrected chi connectivity index (χ2v) is 8.34. The summed E-state index contributed by atoms with van der Waals surface area (Å²) in [5, 5.41) is 5.13.